The van der Waals surface area contributed by atoms with Crippen LogP contribution in [-0.2, 0) is 20.7 Å². The maximum atomic E-state index is 11.3. The highest BCUT2D eigenvalue weighted by Crippen LogP contribution is 2.22. The largest absolute Gasteiger partial charge is 0.459 e. The van der Waals surface area contributed by atoms with Crippen molar-refractivity contribution in [1.82, 2.24) is 4.98 Å². The van der Waals surface area contributed by atoms with Crippen LogP contribution in [0.1, 0.15) is 24.4 Å². The number of esters is 1. The molecule has 0 saturated heterocycles. The van der Waals surface area contributed by atoms with E-state index in [1.165, 1.54) is 11.3 Å². The Morgan fingerprint density at radius 1 is 1.44 bits per heavy atom. The van der Waals surface area contributed by atoms with Crippen LogP contribution in [0.2, 0.25) is 0 Å². The lowest BCUT2D eigenvalue weighted by atomic mass is 10.3. The zero-order valence-electron chi connectivity index (χ0n) is 9.49. The van der Waals surface area contributed by atoms with Crippen LogP contribution in [0.25, 0.3) is 0 Å². The Morgan fingerprint density at radius 2 is 2.12 bits per heavy atom. The molecule has 5 nitrogen and oxygen atoms in total. The van der Waals surface area contributed by atoms with Crippen molar-refractivity contribution in [2.24, 2.45) is 0 Å². The Kier molecular flexibility index (Phi) is 4.42. The SMILES string of the molecule is CCOC(=O)C(=O)Nc1nc(CC)c(C)s1. The van der Waals surface area contributed by atoms with Gasteiger partial charge in [-0.25, -0.2) is 9.78 Å². The quantitative estimate of drug-likeness (QED) is 0.644. The summed E-state index contributed by atoms with van der Waals surface area (Å²) in [4.78, 5) is 27.6. The molecule has 6 heteroatoms. The van der Waals surface area contributed by atoms with Crippen LogP contribution in [0, 0.1) is 6.92 Å². The van der Waals surface area contributed by atoms with Crippen molar-refractivity contribution in [1.29, 1.82) is 0 Å². The summed E-state index contributed by atoms with van der Waals surface area (Å²) < 4.78 is 4.57. The first-order valence-corrected chi connectivity index (χ1v) is 5.84. The van der Waals surface area contributed by atoms with E-state index in [2.05, 4.69) is 15.0 Å². The first kappa shape index (κ1) is 12.6. The summed E-state index contributed by atoms with van der Waals surface area (Å²) in [6, 6.07) is 0. The lowest BCUT2D eigenvalue weighted by Crippen LogP contribution is -2.24. The number of thiazole rings is 1. The number of rotatable bonds is 3. The predicted octanol–water partition coefficient (Wildman–Crippen LogP) is 1.52. The second kappa shape index (κ2) is 5.60. The van der Waals surface area contributed by atoms with Gasteiger partial charge in [0.1, 0.15) is 0 Å². The minimum Gasteiger partial charge on any atom is -0.459 e. The first-order chi connectivity index (χ1) is 7.58. The molecule has 1 N–H and O–H groups in total. The molecule has 0 bridgehead atoms. The van der Waals surface area contributed by atoms with Gasteiger partial charge in [0.15, 0.2) is 5.13 Å². The van der Waals surface area contributed by atoms with E-state index >= 15 is 0 Å². The molecule has 16 heavy (non-hydrogen) atoms. The lowest BCUT2D eigenvalue weighted by molar-refractivity contribution is -0.152. The maximum absolute atomic E-state index is 11.3. The number of nitrogens with one attached hydrogen (secondary N) is 1. The number of anilines is 1. The number of nitrogens with zero attached hydrogens (tertiary/aromatic N) is 1. The van der Waals surface area contributed by atoms with Gasteiger partial charge in [-0.2, -0.15) is 0 Å². The van der Waals surface area contributed by atoms with Crippen molar-refractivity contribution in [3.8, 4) is 0 Å². The molecular formula is C10H14N2O3S. The Balaban J connectivity index is 2.66. The third kappa shape index (κ3) is 3.03. The van der Waals surface area contributed by atoms with Crippen LogP contribution in [0.4, 0.5) is 5.13 Å². The summed E-state index contributed by atoms with van der Waals surface area (Å²) in [5.41, 5.74) is 0.934. The van der Waals surface area contributed by atoms with Crippen LogP contribution in [0.3, 0.4) is 0 Å². The van der Waals surface area contributed by atoms with Crippen LogP contribution >= 0.6 is 11.3 Å². The molecule has 0 radical (unpaired) electrons. The van der Waals surface area contributed by atoms with Crippen molar-refractivity contribution in [2.75, 3.05) is 11.9 Å². The normalized spacial score (nSPS) is 9.94. The third-order valence-corrected chi connectivity index (χ3v) is 2.84. The molecule has 0 aromatic carbocycles. The predicted molar refractivity (Wildman–Crippen MR) is 61.5 cm³/mol. The Labute approximate surface area is 97.8 Å². The van der Waals surface area contributed by atoms with E-state index in [1.54, 1.807) is 6.92 Å². The topological polar surface area (TPSA) is 68.3 Å². The molecule has 0 aliphatic heterocycles. The van der Waals surface area contributed by atoms with Crippen molar-refractivity contribution < 1.29 is 14.3 Å². The maximum Gasteiger partial charge on any atom is 0.397 e. The minimum absolute atomic E-state index is 0.184. The number of aryl methyl sites for hydroxylation is 2. The molecule has 88 valence electrons. The van der Waals surface area contributed by atoms with Gasteiger partial charge in [-0.05, 0) is 20.3 Å². The molecule has 0 fully saturated rings. The Morgan fingerprint density at radius 3 is 2.62 bits per heavy atom. The standard InChI is InChI=1S/C10H14N2O3S/c1-4-7-6(3)16-10(11-7)12-8(13)9(14)15-5-2/h4-5H2,1-3H3,(H,11,12,13). The molecule has 1 aromatic heterocycles. The first-order valence-electron chi connectivity index (χ1n) is 5.02. The average molecular weight is 242 g/mol. The van der Waals surface area contributed by atoms with Crippen LogP contribution < -0.4 is 5.32 Å². The summed E-state index contributed by atoms with van der Waals surface area (Å²) in [7, 11) is 0. The van der Waals surface area contributed by atoms with Crippen LogP contribution in [0.5, 0.6) is 0 Å². The van der Waals surface area contributed by atoms with Crippen LogP contribution in [-0.4, -0.2) is 23.5 Å². The summed E-state index contributed by atoms with van der Waals surface area (Å²) in [5, 5.41) is 2.85. The van der Waals surface area contributed by atoms with Gasteiger partial charge < -0.3 is 4.74 Å². The van der Waals surface area contributed by atoms with Crippen molar-refractivity contribution in [2.45, 2.75) is 27.2 Å². The van der Waals surface area contributed by atoms with Crippen molar-refractivity contribution >= 4 is 28.3 Å². The van der Waals surface area contributed by atoms with Gasteiger partial charge in [0, 0.05) is 4.88 Å². The van der Waals surface area contributed by atoms with Gasteiger partial charge in [0.05, 0.1) is 12.3 Å². The van der Waals surface area contributed by atoms with Gasteiger partial charge in [-0.15, -0.1) is 11.3 Å². The highest BCUT2D eigenvalue weighted by atomic mass is 32.1. The van der Waals surface area contributed by atoms with Crippen molar-refractivity contribution in [3.05, 3.63) is 10.6 Å². The van der Waals surface area contributed by atoms with Gasteiger partial charge in [0.2, 0.25) is 0 Å². The number of carbonyl (C=O) groups excluding carboxylic acids is 2. The highest BCUT2D eigenvalue weighted by molar-refractivity contribution is 7.15. The molecule has 0 spiro atoms. The molecule has 0 unspecified atom stereocenters. The van der Waals surface area contributed by atoms with E-state index in [0.717, 1.165) is 17.0 Å². The molecule has 1 heterocycles. The summed E-state index contributed by atoms with van der Waals surface area (Å²) in [6.07, 6.45) is 0.803. The van der Waals surface area contributed by atoms with E-state index < -0.39 is 11.9 Å². The zero-order chi connectivity index (χ0) is 12.1. The van der Waals surface area contributed by atoms with Gasteiger partial charge in [0.25, 0.3) is 0 Å². The summed E-state index contributed by atoms with van der Waals surface area (Å²) in [5.74, 6) is -1.66. The molecular weight excluding hydrogens is 228 g/mol. The van der Waals surface area contributed by atoms with E-state index in [0.29, 0.717) is 5.13 Å². The van der Waals surface area contributed by atoms with Gasteiger partial charge >= 0.3 is 11.9 Å². The number of hydrogen-bond acceptors (Lipinski definition) is 5. The zero-order valence-corrected chi connectivity index (χ0v) is 10.3. The summed E-state index contributed by atoms with van der Waals surface area (Å²) >= 11 is 1.35. The monoisotopic (exact) mass is 242 g/mol. The Hall–Kier alpha value is -1.43. The number of ether oxygens (including phenoxy) is 1. The fourth-order valence-electron chi connectivity index (χ4n) is 1.15. The van der Waals surface area contributed by atoms with E-state index in [-0.39, 0.29) is 6.61 Å². The average Bonchev–Trinajstić information content (AvgIpc) is 2.59. The molecule has 0 aliphatic carbocycles. The molecule has 0 atom stereocenters. The smallest absolute Gasteiger partial charge is 0.397 e. The Bertz CT molecular complexity index is 401. The van der Waals surface area contributed by atoms with Gasteiger partial charge in [-0.3, -0.25) is 10.1 Å². The summed E-state index contributed by atoms with van der Waals surface area (Å²) in [6.45, 7) is 5.74. The fourth-order valence-corrected chi connectivity index (χ4v) is 2.05. The lowest BCUT2D eigenvalue weighted by Gasteiger charge is -2.00. The highest BCUT2D eigenvalue weighted by Gasteiger charge is 2.17. The second-order valence-corrected chi connectivity index (χ2v) is 4.25. The van der Waals surface area contributed by atoms with E-state index in [9.17, 15) is 9.59 Å². The molecule has 1 aromatic rings. The molecule has 1 rings (SSSR count). The van der Waals surface area contributed by atoms with E-state index in [4.69, 9.17) is 0 Å². The van der Waals surface area contributed by atoms with Crippen LogP contribution in [0.15, 0.2) is 0 Å². The number of hydrogen-bond donors (Lipinski definition) is 1. The third-order valence-electron chi connectivity index (χ3n) is 1.91. The number of amides is 1. The number of carbonyl (C=O) groups is 2. The van der Waals surface area contributed by atoms with E-state index in [1.807, 2.05) is 13.8 Å². The number of aromatic nitrogens is 1. The fraction of sp³-hybridized carbons (Fsp3) is 0.500. The molecule has 1 amide bonds. The van der Waals surface area contributed by atoms with Gasteiger partial charge in [-0.1, -0.05) is 6.92 Å². The molecule has 0 saturated carbocycles. The van der Waals surface area contributed by atoms with Crippen molar-refractivity contribution in [3.63, 3.8) is 0 Å². The minimum atomic E-state index is -0.881. The second-order valence-electron chi connectivity index (χ2n) is 3.05. The molecule has 0 aliphatic rings.